The van der Waals surface area contributed by atoms with Gasteiger partial charge in [0.2, 0.25) is 0 Å². The van der Waals surface area contributed by atoms with Crippen LogP contribution in [0.2, 0.25) is 0 Å². The molecule has 0 spiro atoms. The summed E-state index contributed by atoms with van der Waals surface area (Å²) in [5, 5.41) is 0. The Bertz CT molecular complexity index is 208. The number of esters is 1. The first-order chi connectivity index (χ1) is 5.72. The van der Waals surface area contributed by atoms with Crippen molar-refractivity contribution in [3.8, 4) is 0 Å². The summed E-state index contributed by atoms with van der Waals surface area (Å²) in [5.41, 5.74) is 0.332. The summed E-state index contributed by atoms with van der Waals surface area (Å²) in [6.07, 6.45) is 0. The van der Waals surface area contributed by atoms with Gasteiger partial charge < -0.3 is 9.22 Å². The minimum atomic E-state index is -0.816. The SMILES string of the molecule is [2H]C(C[N+](C)(C)C)OC(=O)C(=C)C. The number of likely N-dealkylation sites (N-methyl/N-ethyl adjacent to an activating group) is 1. The number of hydrogen-bond donors (Lipinski definition) is 0. The van der Waals surface area contributed by atoms with Gasteiger partial charge in [0.25, 0.3) is 0 Å². The molecule has 0 aromatic heterocycles. The first-order valence-electron chi connectivity index (χ1n) is 4.39. The van der Waals surface area contributed by atoms with E-state index in [2.05, 4.69) is 6.58 Å². The molecule has 1 atom stereocenters. The van der Waals surface area contributed by atoms with Crippen LogP contribution >= 0.6 is 0 Å². The molecule has 0 aromatic carbocycles. The summed E-state index contributed by atoms with van der Waals surface area (Å²) < 4.78 is 12.8. The predicted molar refractivity (Wildman–Crippen MR) is 48.7 cm³/mol. The molecule has 0 N–H and O–H groups in total. The van der Waals surface area contributed by atoms with Crippen LogP contribution in [0.15, 0.2) is 12.2 Å². The third-order valence-electron chi connectivity index (χ3n) is 1.16. The zero-order valence-electron chi connectivity index (χ0n) is 9.26. The van der Waals surface area contributed by atoms with Crippen LogP contribution in [0.3, 0.4) is 0 Å². The number of nitrogens with zero attached hydrogens (tertiary/aromatic N) is 1. The van der Waals surface area contributed by atoms with E-state index in [0.717, 1.165) is 0 Å². The molecular formula is C9H18NO2+. The van der Waals surface area contributed by atoms with Gasteiger partial charge in [-0.25, -0.2) is 4.79 Å². The lowest BCUT2D eigenvalue weighted by molar-refractivity contribution is -0.870. The molecule has 0 aliphatic rings. The van der Waals surface area contributed by atoms with Crippen LogP contribution in [0.5, 0.6) is 0 Å². The Kier molecular flexibility index (Phi) is 3.29. The maximum Gasteiger partial charge on any atom is 0.333 e. The Balaban J connectivity index is 3.95. The largest absolute Gasteiger partial charge is 0.456 e. The van der Waals surface area contributed by atoms with Crippen molar-refractivity contribution in [1.82, 2.24) is 0 Å². The molecule has 70 valence electrons. The van der Waals surface area contributed by atoms with E-state index < -0.39 is 12.6 Å². The van der Waals surface area contributed by atoms with Crippen LogP contribution in [-0.2, 0) is 9.53 Å². The van der Waals surface area contributed by atoms with E-state index >= 15 is 0 Å². The molecule has 0 saturated heterocycles. The minimum Gasteiger partial charge on any atom is -0.456 e. The quantitative estimate of drug-likeness (QED) is 0.357. The fourth-order valence-corrected chi connectivity index (χ4v) is 0.437. The summed E-state index contributed by atoms with van der Waals surface area (Å²) in [6.45, 7) is 4.67. The van der Waals surface area contributed by atoms with Crippen LogP contribution in [0.4, 0.5) is 0 Å². The predicted octanol–water partition coefficient (Wildman–Crippen LogP) is 0.812. The van der Waals surface area contributed by atoms with Gasteiger partial charge in [-0.1, -0.05) is 6.58 Å². The second kappa shape index (κ2) is 4.26. The van der Waals surface area contributed by atoms with Crippen LogP contribution in [-0.4, -0.2) is 44.7 Å². The average molecular weight is 173 g/mol. The average Bonchev–Trinajstić information content (AvgIpc) is 1.81. The number of hydrogen-bond acceptors (Lipinski definition) is 2. The Labute approximate surface area is 75.6 Å². The highest BCUT2D eigenvalue weighted by molar-refractivity contribution is 5.86. The molecule has 12 heavy (non-hydrogen) atoms. The molecule has 3 nitrogen and oxygen atoms in total. The van der Waals surface area contributed by atoms with Gasteiger partial charge in [0.1, 0.15) is 13.1 Å². The van der Waals surface area contributed by atoms with Crippen molar-refractivity contribution in [3.63, 3.8) is 0 Å². The Hall–Kier alpha value is -0.830. The van der Waals surface area contributed by atoms with Gasteiger partial charge in [-0.3, -0.25) is 0 Å². The van der Waals surface area contributed by atoms with Gasteiger partial charge in [0.05, 0.1) is 22.5 Å². The molecule has 0 saturated carbocycles. The minimum absolute atomic E-state index is 0.332. The Morgan fingerprint density at radius 3 is 2.42 bits per heavy atom. The van der Waals surface area contributed by atoms with Gasteiger partial charge in [-0.05, 0) is 6.92 Å². The van der Waals surface area contributed by atoms with Crippen molar-refractivity contribution in [3.05, 3.63) is 12.2 Å². The first kappa shape index (κ1) is 9.26. The summed E-state index contributed by atoms with van der Waals surface area (Å²) in [7, 11) is 5.82. The van der Waals surface area contributed by atoms with E-state index in [4.69, 9.17) is 6.11 Å². The van der Waals surface area contributed by atoms with Gasteiger partial charge in [0, 0.05) is 5.57 Å². The second-order valence-corrected chi connectivity index (χ2v) is 3.83. The normalized spacial score (nSPS) is 14.8. The highest BCUT2D eigenvalue weighted by atomic mass is 16.5. The van der Waals surface area contributed by atoms with Crippen molar-refractivity contribution in [2.45, 2.75) is 6.92 Å². The van der Waals surface area contributed by atoms with Crippen molar-refractivity contribution in [1.29, 1.82) is 0 Å². The molecule has 0 fully saturated rings. The highest BCUT2D eigenvalue weighted by Gasteiger charge is 2.09. The van der Waals surface area contributed by atoms with E-state index in [-0.39, 0.29) is 0 Å². The van der Waals surface area contributed by atoms with Gasteiger partial charge in [0.15, 0.2) is 0 Å². The number of rotatable bonds is 4. The fourth-order valence-electron chi connectivity index (χ4n) is 0.437. The van der Waals surface area contributed by atoms with Crippen LogP contribution in [0, 0.1) is 0 Å². The third-order valence-corrected chi connectivity index (χ3v) is 1.16. The smallest absolute Gasteiger partial charge is 0.333 e. The maximum atomic E-state index is 11.0. The maximum absolute atomic E-state index is 11.0. The number of carbonyl (C=O) groups excluding carboxylic acids is 1. The highest BCUT2D eigenvalue weighted by Crippen LogP contribution is 1.94. The fraction of sp³-hybridized carbons (Fsp3) is 0.667. The lowest BCUT2D eigenvalue weighted by Crippen LogP contribution is -2.38. The Morgan fingerprint density at radius 2 is 2.08 bits per heavy atom. The number of ether oxygens (including phenoxy) is 1. The number of carbonyl (C=O) groups is 1. The zero-order chi connectivity index (χ0) is 10.6. The van der Waals surface area contributed by atoms with Crippen molar-refractivity contribution >= 4 is 5.97 Å². The molecule has 0 heterocycles. The molecule has 0 rings (SSSR count). The summed E-state index contributed by atoms with van der Waals surface area (Å²) in [4.78, 5) is 11.0. The van der Waals surface area contributed by atoms with E-state index in [0.29, 0.717) is 16.6 Å². The summed E-state index contributed by atoms with van der Waals surface area (Å²) >= 11 is 0. The van der Waals surface area contributed by atoms with Crippen molar-refractivity contribution in [2.75, 3.05) is 34.3 Å². The van der Waals surface area contributed by atoms with Crippen molar-refractivity contribution in [2.24, 2.45) is 0 Å². The molecule has 0 aliphatic carbocycles. The topological polar surface area (TPSA) is 26.3 Å². The molecule has 3 heteroatoms. The molecule has 0 amide bonds. The monoisotopic (exact) mass is 173 g/mol. The van der Waals surface area contributed by atoms with Crippen LogP contribution < -0.4 is 0 Å². The van der Waals surface area contributed by atoms with Gasteiger partial charge >= 0.3 is 5.97 Å². The summed E-state index contributed by atoms with van der Waals surface area (Å²) in [5.74, 6) is -0.492. The van der Waals surface area contributed by atoms with Crippen molar-refractivity contribution < 1.29 is 15.4 Å². The molecule has 0 aromatic rings. The third kappa shape index (κ3) is 5.92. The van der Waals surface area contributed by atoms with E-state index in [1.807, 2.05) is 21.1 Å². The molecule has 1 unspecified atom stereocenters. The molecule has 0 bridgehead atoms. The lowest BCUT2D eigenvalue weighted by Gasteiger charge is -2.23. The lowest BCUT2D eigenvalue weighted by atomic mass is 10.4. The van der Waals surface area contributed by atoms with E-state index in [9.17, 15) is 4.79 Å². The first-order valence-corrected chi connectivity index (χ1v) is 3.81. The van der Waals surface area contributed by atoms with Crippen LogP contribution in [0.1, 0.15) is 8.29 Å². The second-order valence-electron chi connectivity index (χ2n) is 3.83. The van der Waals surface area contributed by atoms with Crippen LogP contribution in [0.25, 0.3) is 0 Å². The van der Waals surface area contributed by atoms with E-state index in [1.54, 1.807) is 6.92 Å². The van der Waals surface area contributed by atoms with Gasteiger partial charge in [-0.2, -0.15) is 0 Å². The molecule has 0 aliphatic heterocycles. The zero-order valence-corrected chi connectivity index (χ0v) is 8.26. The number of quaternary nitrogens is 1. The standard InChI is InChI=1S/C9H18NO2/c1-8(2)9(11)12-7-6-10(3,4)5/h1,6-7H2,2-5H3/q+1/i7D. The molecule has 0 radical (unpaired) electrons. The summed E-state index contributed by atoms with van der Waals surface area (Å²) in [6, 6.07) is 0. The Morgan fingerprint density at radius 1 is 1.58 bits per heavy atom. The van der Waals surface area contributed by atoms with E-state index in [1.165, 1.54) is 0 Å². The molecular weight excluding hydrogens is 154 g/mol. The van der Waals surface area contributed by atoms with Gasteiger partial charge in [-0.15, -0.1) is 0 Å².